The molecule has 0 aliphatic rings. The Labute approximate surface area is 85.8 Å². The summed E-state index contributed by atoms with van der Waals surface area (Å²) < 4.78 is 5.85. The van der Waals surface area contributed by atoms with E-state index in [0.29, 0.717) is 0 Å². The van der Waals surface area contributed by atoms with Crippen molar-refractivity contribution in [3.05, 3.63) is 22.4 Å². The summed E-state index contributed by atoms with van der Waals surface area (Å²) in [7, 11) is 1.29. The van der Waals surface area contributed by atoms with Gasteiger partial charge in [-0.25, -0.2) is 0 Å². The molecule has 7 heteroatoms. The molecule has 82 valence electrons. The van der Waals surface area contributed by atoms with Crippen molar-refractivity contribution in [1.82, 2.24) is 9.78 Å². The number of nitro groups is 1. The Balaban J connectivity index is 2.69. The van der Waals surface area contributed by atoms with Crippen LogP contribution in [0.25, 0.3) is 0 Å². The summed E-state index contributed by atoms with van der Waals surface area (Å²) in [4.78, 5) is 20.7. The normalized spacial score (nSPS) is 12.1. The van der Waals surface area contributed by atoms with Gasteiger partial charge in [0, 0.05) is 0 Å². The maximum atomic E-state index is 10.9. The largest absolute Gasteiger partial charge is 0.469 e. The molecule has 0 N–H and O–H groups in total. The molecule has 0 fully saturated rings. The minimum Gasteiger partial charge on any atom is -0.469 e. The monoisotopic (exact) mass is 213 g/mol. The minimum atomic E-state index is -0.582. The lowest BCUT2D eigenvalue weighted by Crippen LogP contribution is -2.12. The number of hydrogen-bond donors (Lipinski definition) is 0. The third-order valence-electron chi connectivity index (χ3n) is 1.92. The molecule has 0 bridgehead atoms. The second-order valence-corrected chi connectivity index (χ2v) is 3.04. The topological polar surface area (TPSA) is 87.3 Å². The molecule has 1 atom stereocenters. The highest BCUT2D eigenvalue weighted by Crippen LogP contribution is 2.14. The standard InChI is InChI=1S/C8H11N3O4/c1-6(5-8(12)15-2)10-4-3-7(9-10)11(13)14/h3-4,6H,5H2,1-2H3. The number of carbonyl (C=O) groups is 1. The van der Waals surface area contributed by atoms with E-state index < -0.39 is 4.92 Å². The van der Waals surface area contributed by atoms with Gasteiger partial charge in [0.1, 0.15) is 0 Å². The molecule has 1 rings (SSSR count). The number of methoxy groups -OCH3 is 1. The van der Waals surface area contributed by atoms with Crippen LogP contribution in [-0.4, -0.2) is 27.8 Å². The number of hydrogen-bond acceptors (Lipinski definition) is 5. The van der Waals surface area contributed by atoms with Crippen molar-refractivity contribution >= 4 is 11.8 Å². The predicted molar refractivity (Wildman–Crippen MR) is 50.2 cm³/mol. The molecule has 1 aromatic rings. The number of rotatable bonds is 4. The number of ether oxygens (including phenoxy) is 1. The minimum absolute atomic E-state index is 0.134. The lowest BCUT2D eigenvalue weighted by Gasteiger charge is -2.05. The van der Waals surface area contributed by atoms with Crippen molar-refractivity contribution in [2.45, 2.75) is 19.4 Å². The van der Waals surface area contributed by atoms with E-state index in [9.17, 15) is 14.9 Å². The van der Waals surface area contributed by atoms with E-state index in [1.54, 1.807) is 6.92 Å². The Morgan fingerprint density at radius 3 is 2.93 bits per heavy atom. The molecule has 15 heavy (non-hydrogen) atoms. The quantitative estimate of drug-likeness (QED) is 0.421. The van der Waals surface area contributed by atoms with Gasteiger partial charge in [0.15, 0.2) is 0 Å². The highest BCUT2D eigenvalue weighted by Gasteiger charge is 2.18. The van der Waals surface area contributed by atoms with Crippen LogP contribution in [0.1, 0.15) is 19.4 Å². The molecule has 7 nitrogen and oxygen atoms in total. The van der Waals surface area contributed by atoms with E-state index in [1.807, 2.05) is 0 Å². The van der Waals surface area contributed by atoms with Gasteiger partial charge in [-0.15, -0.1) is 0 Å². The fourth-order valence-electron chi connectivity index (χ4n) is 1.09. The summed E-state index contributed by atoms with van der Waals surface area (Å²) in [5, 5.41) is 14.1. The molecule has 0 saturated heterocycles. The summed E-state index contributed by atoms with van der Waals surface area (Å²) in [5.74, 6) is -0.604. The van der Waals surface area contributed by atoms with E-state index in [1.165, 1.54) is 24.1 Å². The molecule has 0 aliphatic carbocycles. The van der Waals surface area contributed by atoms with Gasteiger partial charge in [-0.05, 0) is 11.8 Å². The molecule has 0 spiro atoms. The van der Waals surface area contributed by atoms with E-state index in [4.69, 9.17) is 0 Å². The van der Waals surface area contributed by atoms with Gasteiger partial charge < -0.3 is 14.9 Å². The SMILES string of the molecule is COC(=O)CC(C)n1ccc([N+](=O)[O-])n1. The van der Waals surface area contributed by atoms with Crippen LogP contribution >= 0.6 is 0 Å². The van der Waals surface area contributed by atoms with E-state index >= 15 is 0 Å². The molecule has 0 aromatic carbocycles. The number of esters is 1. The molecule has 0 amide bonds. The first-order valence-electron chi connectivity index (χ1n) is 4.31. The first-order valence-corrected chi connectivity index (χ1v) is 4.31. The average Bonchev–Trinajstić information content (AvgIpc) is 2.66. The van der Waals surface area contributed by atoms with Crippen molar-refractivity contribution < 1.29 is 14.5 Å². The highest BCUT2D eigenvalue weighted by molar-refractivity contribution is 5.69. The molecule has 0 saturated carbocycles. The van der Waals surface area contributed by atoms with Crippen molar-refractivity contribution in [1.29, 1.82) is 0 Å². The third kappa shape index (κ3) is 2.76. The van der Waals surface area contributed by atoms with E-state index in [0.717, 1.165) is 0 Å². The van der Waals surface area contributed by atoms with Crippen molar-refractivity contribution in [3.8, 4) is 0 Å². The molecule has 1 heterocycles. The van der Waals surface area contributed by atoms with Gasteiger partial charge in [0.2, 0.25) is 0 Å². The van der Waals surface area contributed by atoms with Crippen LogP contribution in [0.2, 0.25) is 0 Å². The number of aromatic nitrogens is 2. The van der Waals surface area contributed by atoms with Crippen LogP contribution in [0.3, 0.4) is 0 Å². The third-order valence-corrected chi connectivity index (χ3v) is 1.92. The maximum absolute atomic E-state index is 10.9. The van der Waals surface area contributed by atoms with Crippen molar-refractivity contribution in [3.63, 3.8) is 0 Å². The van der Waals surface area contributed by atoms with Crippen LogP contribution in [-0.2, 0) is 9.53 Å². The van der Waals surface area contributed by atoms with E-state index in [2.05, 4.69) is 9.84 Å². The second kappa shape index (κ2) is 4.54. The van der Waals surface area contributed by atoms with Crippen molar-refractivity contribution in [2.24, 2.45) is 0 Å². The van der Waals surface area contributed by atoms with E-state index in [-0.39, 0.29) is 24.2 Å². The summed E-state index contributed by atoms with van der Waals surface area (Å²) in [6, 6.07) is 1.03. The van der Waals surface area contributed by atoms with Gasteiger partial charge in [0.25, 0.3) is 0 Å². The number of carbonyl (C=O) groups excluding carboxylic acids is 1. The summed E-state index contributed by atoms with van der Waals surface area (Å²) >= 11 is 0. The Hall–Kier alpha value is -1.92. The Bertz CT molecular complexity index is 374. The smallest absolute Gasteiger partial charge is 0.389 e. The molecular formula is C8H11N3O4. The first-order chi connectivity index (χ1) is 7.04. The fourth-order valence-corrected chi connectivity index (χ4v) is 1.09. The Kier molecular flexibility index (Phi) is 3.37. The Morgan fingerprint density at radius 1 is 1.80 bits per heavy atom. The number of nitrogens with zero attached hydrogens (tertiary/aromatic N) is 3. The van der Waals surface area contributed by atoms with Gasteiger partial charge in [-0.2, -0.15) is 4.68 Å². The van der Waals surface area contributed by atoms with Gasteiger partial charge >= 0.3 is 11.8 Å². The second-order valence-electron chi connectivity index (χ2n) is 3.04. The zero-order chi connectivity index (χ0) is 11.4. The van der Waals surface area contributed by atoms with Gasteiger partial charge in [0.05, 0.1) is 36.9 Å². The van der Waals surface area contributed by atoms with Crippen LogP contribution in [0.4, 0.5) is 5.82 Å². The van der Waals surface area contributed by atoms with Crippen LogP contribution < -0.4 is 0 Å². The zero-order valence-corrected chi connectivity index (χ0v) is 8.41. The van der Waals surface area contributed by atoms with Crippen LogP contribution in [0.15, 0.2) is 12.3 Å². The van der Waals surface area contributed by atoms with Gasteiger partial charge in [-0.3, -0.25) is 4.79 Å². The molecule has 1 aromatic heterocycles. The fraction of sp³-hybridized carbons (Fsp3) is 0.500. The van der Waals surface area contributed by atoms with Crippen LogP contribution in [0.5, 0.6) is 0 Å². The lowest BCUT2D eigenvalue weighted by atomic mass is 10.2. The van der Waals surface area contributed by atoms with Crippen LogP contribution in [0, 0.1) is 10.1 Å². The lowest BCUT2D eigenvalue weighted by molar-refractivity contribution is -0.389. The molecule has 1 unspecified atom stereocenters. The average molecular weight is 213 g/mol. The zero-order valence-electron chi connectivity index (χ0n) is 8.41. The molecular weight excluding hydrogens is 202 g/mol. The summed E-state index contributed by atoms with van der Waals surface area (Å²) in [6.07, 6.45) is 1.60. The molecule has 0 aliphatic heterocycles. The Morgan fingerprint density at radius 2 is 2.47 bits per heavy atom. The predicted octanol–water partition coefficient (Wildman–Crippen LogP) is 0.915. The molecule has 0 radical (unpaired) electrons. The van der Waals surface area contributed by atoms with Gasteiger partial charge in [-0.1, -0.05) is 0 Å². The maximum Gasteiger partial charge on any atom is 0.389 e. The summed E-state index contributed by atoms with van der Waals surface area (Å²) in [5.41, 5.74) is 0. The van der Waals surface area contributed by atoms with Crippen molar-refractivity contribution in [2.75, 3.05) is 7.11 Å². The first kappa shape index (κ1) is 11.2. The highest BCUT2D eigenvalue weighted by atomic mass is 16.6. The summed E-state index contributed by atoms with van der Waals surface area (Å²) in [6.45, 7) is 1.73.